The van der Waals surface area contributed by atoms with Crippen molar-refractivity contribution in [3.8, 4) is 5.75 Å². The molecule has 132 valence electrons. The molecular weight excluding hydrogens is 314 g/mol. The minimum absolute atomic E-state index is 0.0148. The summed E-state index contributed by atoms with van der Waals surface area (Å²) < 4.78 is 5.71. The summed E-state index contributed by atoms with van der Waals surface area (Å²) in [5.74, 6) is 0.823. The number of para-hydroxylation sites is 1. The average molecular weight is 339 g/mol. The van der Waals surface area contributed by atoms with Gasteiger partial charge in [0.1, 0.15) is 12.4 Å². The van der Waals surface area contributed by atoms with Crippen molar-refractivity contribution in [1.29, 1.82) is 0 Å². The lowest BCUT2D eigenvalue weighted by atomic mass is 9.92. The van der Waals surface area contributed by atoms with E-state index in [1.807, 2.05) is 54.6 Å². The van der Waals surface area contributed by atoms with Crippen LogP contribution in [0.5, 0.6) is 5.75 Å². The van der Waals surface area contributed by atoms with Crippen LogP contribution in [0.1, 0.15) is 30.4 Å². The molecule has 0 aromatic heterocycles. The molecule has 1 heterocycles. The van der Waals surface area contributed by atoms with E-state index >= 15 is 0 Å². The van der Waals surface area contributed by atoms with Crippen LogP contribution in [0.4, 0.5) is 0 Å². The first-order chi connectivity index (χ1) is 12.1. The fourth-order valence-corrected chi connectivity index (χ4v) is 3.34. The number of carbonyl (C=O) groups is 1. The topological polar surface area (TPSA) is 58.6 Å². The lowest BCUT2D eigenvalue weighted by molar-refractivity contribution is -0.126. The first-order valence-electron chi connectivity index (χ1n) is 8.85. The van der Waals surface area contributed by atoms with Crippen LogP contribution >= 0.6 is 0 Å². The molecule has 1 aliphatic rings. The maximum atomic E-state index is 12.6. The molecule has 25 heavy (non-hydrogen) atoms. The van der Waals surface area contributed by atoms with Crippen LogP contribution in [0.25, 0.3) is 0 Å². The highest BCUT2D eigenvalue weighted by atomic mass is 16.5. The van der Waals surface area contributed by atoms with Crippen molar-refractivity contribution in [3.63, 3.8) is 0 Å². The predicted octanol–water partition coefficient (Wildman–Crippen LogP) is 2.91. The largest absolute Gasteiger partial charge is 0.492 e. The van der Waals surface area contributed by atoms with Crippen LogP contribution in [-0.2, 0) is 11.2 Å². The van der Waals surface area contributed by atoms with Crippen LogP contribution in [-0.4, -0.2) is 30.3 Å². The number of hydrogen-bond donors (Lipinski definition) is 2. The van der Waals surface area contributed by atoms with Gasteiger partial charge in [-0.15, -0.1) is 0 Å². The van der Waals surface area contributed by atoms with Gasteiger partial charge in [0.05, 0.1) is 12.0 Å². The summed E-state index contributed by atoms with van der Waals surface area (Å²) in [6, 6.07) is 17.9. The highest BCUT2D eigenvalue weighted by Gasteiger charge is 2.26. The van der Waals surface area contributed by atoms with Crippen LogP contribution in [0.15, 0.2) is 54.6 Å². The van der Waals surface area contributed by atoms with E-state index in [2.05, 4.69) is 5.32 Å². The molecule has 0 radical (unpaired) electrons. The predicted molar refractivity (Wildman–Crippen MR) is 97.6 cm³/mol. The molecule has 3 unspecified atom stereocenters. The first-order valence-corrected chi connectivity index (χ1v) is 8.85. The SMILES string of the molecule is CC(O)CC(CNC(=O)C1COc2ccccc2C1)c1ccccc1. The van der Waals surface area contributed by atoms with Gasteiger partial charge in [-0.3, -0.25) is 4.79 Å². The van der Waals surface area contributed by atoms with Crippen molar-refractivity contribution in [2.75, 3.05) is 13.2 Å². The molecule has 0 aliphatic carbocycles. The van der Waals surface area contributed by atoms with Crippen molar-refractivity contribution in [3.05, 3.63) is 65.7 Å². The van der Waals surface area contributed by atoms with E-state index in [-0.39, 0.29) is 17.7 Å². The molecule has 0 spiro atoms. The summed E-state index contributed by atoms with van der Waals surface area (Å²) >= 11 is 0. The molecule has 3 rings (SSSR count). The average Bonchev–Trinajstić information content (AvgIpc) is 2.65. The number of carbonyl (C=O) groups excluding carboxylic acids is 1. The minimum atomic E-state index is -0.410. The summed E-state index contributed by atoms with van der Waals surface area (Å²) in [4.78, 5) is 12.6. The van der Waals surface area contributed by atoms with Crippen molar-refractivity contribution in [2.45, 2.75) is 31.8 Å². The number of fused-ring (bicyclic) bond motifs is 1. The third kappa shape index (κ3) is 4.60. The second-order valence-electron chi connectivity index (χ2n) is 6.76. The molecule has 0 fully saturated rings. The molecule has 0 bridgehead atoms. The van der Waals surface area contributed by atoms with Crippen molar-refractivity contribution in [2.24, 2.45) is 5.92 Å². The number of amides is 1. The molecule has 3 atom stereocenters. The lowest BCUT2D eigenvalue weighted by Gasteiger charge is -2.26. The maximum Gasteiger partial charge on any atom is 0.226 e. The Morgan fingerprint density at radius 1 is 1.20 bits per heavy atom. The number of nitrogens with one attached hydrogen (secondary N) is 1. The number of rotatable bonds is 6. The second kappa shape index (κ2) is 8.17. The highest BCUT2D eigenvalue weighted by Crippen LogP contribution is 2.27. The van der Waals surface area contributed by atoms with Crippen molar-refractivity contribution < 1.29 is 14.6 Å². The summed E-state index contributed by atoms with van der Waals surface area (Å²) in [5.41, 5.74) is 2.21. The van der Waals surface area contributed by atoms with Crippen LogP contribution < -0.4 is 10.1 Å². The van der Waals surface area contributed by atoms with Gasteiger partial charge >= 0.3 is 0 Å². The van der Waals surface area contributed by atoms with Gasteiger partial charge < -0.3 is 15.2 Å². The fraction of sp³-hybridized carbons (Fsp3) is 0.381. The summed E-state index contributed by atoms with van der Waals surface area (Å²) in [6.07, 6.45) is 0.912. The molecule has 0 saturated carbocycles. The van der Waals surface area contributed by atoms with Gasteiger partial charge in [-0.2, -0.15) is 0 Å². The molecule has 1 aliphatic heterocycles. The van der Waals surface area contributed by atoms with Crippen molar-refractivity contribution in [1.82, 2.24) is 5.32 Å². The number of aliphatic hydroxyl groups excluding tert-OH is 1. The molecule has 4 heteroatoms. The smallest absolute Gasteiger partial charge is 0.226 e. The van der Waals surface area contributed by atoms with Gasteiger partial charge in [-0.05, 0) is 37.0 Å². The summed E-state index contributed by atoms with van der Waals surface area (Å²) in [6.45, 7) is 2.71. The Bertz CT molecular complexity index is 699. The highest BCUT2D eigenvalue weighted by molar-refractivity contribution is 5.79. The monoisotopic (exact) mass is 339 g/mol. The Hall–Kier alpha value is -2.33. The molecule has 2 N–H and O–H groups in total. The third-order valence-corrected chi connectivity index (χ3v) is 4.67. The standard InChI is InChI=1S/C21H25NO3/c1-15(23)11-18(16-7-3-2-4-8-16)13-22-21(24)19-12-17-9-5-6-10-20(17)25-14-19/h2-10,15,18-19,23H,11-14H2,1H3,(H,22,24). The Kier molecular flexibility index (Phi) is 5.71. The van der Waals surface area contributed by atoms with Crippen LogP contribution in [0.2, 0.25) is 0 Å². The number of ether oxygens (including phenoxy) is 1. The van der Waals surface area contributed by atoms with E-state index in [0.29, 0.717) is 26.0 Å². The number of benzene rings is 2. The molecular formula is C21H25NO3. The van der Waals surface area contributed by atoms with E-state index in [9.17, 15) is 9.90 Å². The first kappa shape index (κ1) is 17.5. The molecule has 0 saturated heterocycles. The molecule has 2 aromatic rings. The zero-order valence-electron chi connectivity index (χ0n) is 14.5. The van der Waals surface area contributed by atoms with E-state index in [0.717, 1.165) is 16.9 Å². The van der Waals surface area contributed by atoms with Gasteiger partial charge in [-0.1, -0.05) is 48.5 Å². The number of aliphatic hydroxyl groups is 1. The normalized spacial score (nSPS) is 18.6. The van der Waals surface area contributed by atoms with Crippen LogP contribution in [0, 0.1) is 5.92 Å². The zero-order valence-corrected chi connectivity index (χ0v) is 14.5. The van der Waals surface area contributed by atoms with Crippen LogP contribution in [0.3, 0.4) is 0 Å². The Morgan fingerprint density at radius 3 is 2.68 bits per heavy atom. The van der Waals surface area contributed by atoms with E-state index in [1.165, 1.54) is 0 Å². The maximum absolute atomic E-state index is 12.6. The van der Waals surface area contributed by atoms with E-state index < -0.39 is 6.10 Å². The van der Waals surface area contributed by atoms with Gasteiger partial charge in [-0.25, -0.2) is 0 Å². The zero-order chi connectivity index (χ0) is 17.6. The van der Waals surface area contributed by atoms with E-state index in [4.69, 9.17) is 4.74 Å². The van der Waals surface area contributed by atoms with Gasteiger partial charge in [0, 0.05) is 12.5 Å². The van der Waals surface area contributed by atoms with E-state index in [1.54, 1.807) is 6.92 Å². The van der Waals surface area contributed by atoms with Crippen molar-refractivity contribution >= 4 is 5.91 Å². The summed E-state index contributed by atoms with van der Waals surface area (Å²) in [5, 5.41) is 12.8. The fourth-order valence-electron chi connectivity index (χ4n) is 3.34. The molecule has 4 nitrogen and oxygen atoms in total. The second-order valence-corrected chi connectivity index (χ2v) is 6.76. The lowest BCUT2D eigenvalue weighted by Crippen LogP contribution is -2.39. The number of hydrogen-bond acceptors (Lipinski definition) is 3. The minimum Gasteiger partial charge on any atom is -0.492 e. The quantitative estimate of drug-likeness (QED) is 0.851. The Balaban J connectivity index is 1.60. The van der Waals surface area contributed by atoms with Gasteiger partial charge in [0.25, 0.3) is 0 Å². The molecule has 2 aromatic carbocycles. The summed E-state index contributed by atoms with van der Waals surface area (Å²) in [7, 11) is 0. The van der Waals surface area contributed by atoms with Gasteiger partial charge in [0.2, 0.25) is 5.91 Å². The Morgan fingerprint density at radius 2 is 1.92 bits per heavy atom. The Labute approximate surface area is 148 Å². The third-order valence-electron chi connectivity index (χ3n) is 4.67. The van der Waals surface area contributed by atoms with Gasteiger partial charge in [0.15, 0.2) is 0 Å². The molecule has 1 amide bonds.